The topological polar surface area (TPSA) is 106 Å². The van der Waals surface area contributed by atoms with Crippen molar-refractivity contribution >= 4 is 0 Å². The molecule has 1 aliphatic heterocycles. The molecule has 1 saturated heterocycles. The van der Waals surface area contributed by atoms with E-state index >= 15 is 0 Å². The molecule has 0 bridgehead atoms. The molecule has 3 heterocycles. The van der Waals surface area contributed by atoms with Crippen molar-refractivity contribution < 1.29 is 4.74 Å². The third-order valence-electron chi connectivity index (χ3n) is 4.68. The third kappa shape index (κ3) is 3.19. The van der Waals surface area contributed by atoms with Crippen molar-refractivity contribution in [2.45, 2.75) is 52.9 Å². The molecule has 8 heteroatoms. The molecule has 2 aromatic heterocycles. The number of ether oxygens (including phenoxy) is 1. The van der Waals surface area contributed by atoms with Crippen LogP contribution < -0.4 is 11.2 Å². The molecule has 2 N–H and O–H groups in total. The fraction of sp³-hybridized carbons (Fsp3) is 0.625. The van der Waals surface area contributed by atoms with Gasteiger partial charge in [0.15, 0.2) is 0 Å². The summed E-state index contributed by atoms with van der Waals surface area (Å²) in [5, 5.41) is 10.5. The first kappa shape index (κ1) is 16.6. The first-order chi connectivity index (χ1) is 11.3. The molecule has 0 aliphatic carbocycles. The summed E-state index contributed by atoms with van der Waals surface area (Å²) >= 11 is 0. The van der Waals surface area contributed by atoms with Crippen LogP contribution in [0.1, 0.15) is 44.7 Å². The van der Waals surface area contributed by atoms with Crippen molar-refractivity contribution in [1.29, 1.82) is 0 Å². The Morgan fingerprint density at radius 1 is 1.38 bits per heavy atom. The van der Waals surface area contributed by atoms with E-state index in [1.807, 2.05) is 0 Å². The van der Waals surface area contributed by atoms with E-state index in [0.29, 0.717) is 18.4 Å². The van der Waals surface area contributed by atoms with Crippen LogP contribution in [-0.4, -0.2) is 31.1 Å². The quantitative estimate of drug-likeness (QED) is 0.876. The van der Waals surface area contributed by atoms with E-state index < -0.39 is 11.9 Å². The number of hydrogen-bond donors (Lipinski definition) is 2. The Kier molecular flexibility index (Phi) is 4.16. The van der Waals surface area contributed by atoms with Crippen LogP contribution in [0.5, 0.6) is 0 Å². The van der Waals surface area contributed by atoms with Crippen molar-refractivity contribution in [3.05, 3.63) is 44.5 Å². The van der Waals surface area contributed by atoms with Gasteiger partial charge >= 0.3 is 5.69 Å². The van der Waals surface area contributed by atoms with Gasteiger partial charge in [0.25, 0.3) is 5.56 Å². The smallest absolute Gasteiger partial charge is 0.330 e. The molecule has 3 rings (SSSR count). The predicted molar refractivity (Wildman–Crippen MR) is 87.6 cm³/mol. The van der Waals surface area contributed by atoms with Gasteiger partial charge in [-0.05, 0) is 24.7 Å². The Morgan fingerprint density at radius 2 is 2.12 bits per heavy atom. The summed E-state index contributed by atoms with van der Waals surface area (Å²) in [4.78, 5) is 26.1. The standard InChI is InChI=1S/C16H23N5O3/c1-9-8-21(15(23)18-14(9)22)13-6-11(16(2,3)4)12(24-13)5-10-7-17-20-19-10/h7-8,11-13H,5-6H2,1-4H3,(H,17,19,20)(H,18,22,23)/t11-,12?,13-/m1/s1. The highest BCUT2D eigenvalue weighted by Crippen LogP contribution is 2.44. The second kappa shape index (κ2) is 6.01. The van der Waals surface area contributed by atoms with E-state index in [4.69, 9.17) is 4.74 Å². The number of nitrogens with one attached hydrogen (secondary N) is 2. The van der Waals surface area contributed by atoms with Crippen molar-refractivity contribution in [3.8, 4) is 0 Å². The number of rotatable bonds is 3. The Labute approximate surface area is 139 Å². The molecule has 0 radical (unpaired) electrons. The first-order valence-electron chi connectivity index (χ1n) is 8.08. The SMILES string of the molecule is Cc1cn([C@H]2C[C@@H](C(C)(C)C)C(Cc3c[nH]nn3)O2)c(=O)[nH]c1=O. The molecule has 2 aromatic rings. The first-order valence-corrected chi connectivity index (χ1v) is 8.08. The lowest BCUT2D eigenvalue weighted by Gasteiger charge is -2.30. The predicted octanol–water partition coefficient (Wildman–Crippen LogP) is 1.16. The van der Waals surface area contributed by atoms with Gasteiger partial charge in [-0.25, -0.2) is 4.79 Å². The van der Waals surface area contributed by atoms with E-state index in [-0.39, 0.29) is 23.0 Å². The minimum absolute atomic E-state index is 0.0179. The Morgan fingerprint density at radius 3 is 2.75 bits per heavy atom. The van der Waals surface area contributed by atoms with E-state index in [9.17, 15) is 9.59 Å². The second-order valence-electron chi connectivity index (χ2n) is 7.48. The van der Waals surface area contributed by atoms with Gasteiger partial charge in [0.2, 0.25) is 0 Å². The lowest BCUT2D eigenvalue weighted by molar-refractivity contribution is -0.0160. The zero-order valence-electron chi connectivity index (χ0n) is 14.4. The zero-order valence-corrected chi connectivity index (χ0v) is 14.4. The summed E-state index contributed by atoms with van der Waals surface area (Å²) in [6, 6.07) is 0. The van der Waals surface area contributed by atoms with E-state index in [0.717, 1.165) is 5.69 Å². The second-order valence-corrected chi connectivity index (χ2v) is 7.48. The summed E-state index contributed by atoms with van der Waals surface area (Å²) in [6.07, 6.45) is 4.20. The summed E-state index contributed by atoms with van der Waals surface area (Å²) in [6.45, 7) is 8.18. The number of H-pyrrole nitrogens is 2. The lowest BCUT2D eigenvalue weighted by Crippen LogP contribution is -2.33. The molecule has 8 nitrogen and oxygen atoms in total. The van der Waals surface area contributed by atoms with Crippen molar-refractivity contribution in [1.82, 2.24) is 25.0 Å². The van der Waals surface area contributed by atoms with Gasteiger partial charge in [-0.2, -0.15) is 0 Å². The third-order valence-corrected chi connectivity index (χ3v) is 4.68. The number of aromatic amines is 2. The van der Waals surface area contributed by atoms with Crippen LogP contribution in [0.4, 0.5) is 0 Å². The fourth-order valence-corrected chi connectivity index (χ4v) is 3.33. The maximum atomic E-state index is 12.2. The molecule has 0 saturated carbocycles. The van der Waals surface area contributed by atoms with Crippen LogP contribution in [0.25, 0.3) is 0 Å². The summed E-state index contributed by atoms with van der Waals surface area (Å²) in [5.74, 6) is 0.248. The Hall–Kier alpha value is -2.22. The van der Waals surface area contributed by atoms with Crippen molar-refractivity contribution in [2.24, 2.45) is 11.3 Å². The molecule has 1 aliphatic rings. The van der Waals surface area contributed by atoms with Crippen LogP contribution in [-0.2, 0) is 11.2 Å². The lowest BCUT2D eigenvalue weighted by atomic mass is 9.75. The van der Waals surface area contributed by atoms with Gasteiger partial charge in [0.1, 0.15) is 6.23 Å². The molecule has 24 heavy (non-hydrogen) atoms. The van der Waals surface area contributed by atoms with Gasteiger partial charge in [0, 0.05) is 24.4 Å². The normalized spacial score (nSPS) is 24.4. The van der Waals surface area contributed by atoms with Crippen molar-refractivity contribution in [2.75, 3.05) is 0 Å². The molecular formula is C16H23N5O3. The fourth-order valence-electron chi connectivity index (χ4n) is 3.33. The van der Waals surface area contributed by atoms with Gasteiger partial charge in [-0.15, -0.1) is 5.10 Å². The molecule has 130 valence electrons. The number of nitrogens with zero attached hydrogens (tertiary/aromatic N) is 3. The molecule has 3 atom stereocenters. The van der Waals surface area contributed by atoms with Gasteiger partial charge in [-0.3, -0.25) is 19.4 Å². The van der Waals surface area contributed by atoms with Gasteiger partial charge < -0.3 is 4.74 Å². The maximum Gasteiger partial charge on any atom is 0.330 e. The minimum Gasteiger partial charge on any atom is -0.354 e. The summed E-state index contributed by atoms with van der Waals surface area (Å²) < 4.78 is 7.68. The highest BCUT2D eigenvalue weighted by molar-refractivity contribution is 5.03. The van der Waals surface area contributed by atoms with Crippen LogP contribution in [0.3, 0.4) is 0 Å². The summed E-state index contributed by atoms with van der Waals surface area (Å²) in [7, 11) is 0. The van der Waals surface area contributed by atoms with E-state index in [1.165, 1.54) is 4.57 Å². The minimum atomic E-state index is -0.439. The highest BCUT2D eigenvalue weighted by atomic mass is 16.5. The molecule has 0 aromatic carbocycles. The largest absolute Gasteiger partial charge is 0.354 e. The molecule has 1 fully saturated rings. The number of aryl methyl sites for hydroxylation is 1. The molecule has 0 spiro atoms. The van der Waals surface area contributed by atoms with E-state index in [1.54, 1.807) is 19.3 Å². The van der Waals surface area contributed by atoms with Crippen LogP contribution >= 0.6 is 0 Å². The van der Waals surface area contributed by atoms with E-state index in [2.05, 4.69) is 41.2 Å². The van der Waals surface area contributed by atoms with Crippen LogP contribution in [0.15, 0.2) is 22.0 Å². The number of hydrogen-bond acceptors (Lipinski definition) is 5. The average Bonchev–Trinajstić information content (AvgIpc) is 3.12. The Balaban J connectivity index is 1.91. The van der Waals surface area contributed by atoms with Crippen LogP contribution in [0.2, 0.25) is 0 Å². The van der Waals surface area contributed by atoms with Crippen LogP contribution in [0, 0.1) is 18.3 Å². The average molecular weight is 333 g/mol. The molecule has 0 amide bonds. The van der Waals surface area contributed by atoms with Crippen molar-refractivity contribution in [3.63, 3.8) is 0 Å². The summed E-state index contributed by atoms with van der Waals surface area (Å²) in [5.41, 5.74) is 0.542. The number of aromatic nitrogens is 5. The monoisotopic (exact) mass is 333 g/mol. The Bertz CT molecular complexity index is 815. The molecular weight excluding hydrogens is 310 g/mol. The molecule has 1 unspecified atom stereocenters. The highest BCUT2D eigenvalue weighted by Gasteiger charge is 2.43. The van der Waals surface area contributed by atoms with Gasteiger partial charge in [0.05, 0.1) is 11.8 Å². The van der Waals surface area contributed by atoms with Gasteiger partial charge in [-0.1, -0.05) is 26.0 Å². The zero-order chi connectivity index (χ0) is 17.5. The maximum absolute atomic E-state index is 12.2.